The van der Waals surface area contributed by atoms with Crippen LogP contribution in [0.1, 0.15) is 30.5 Å². The number of aromatic nitrogens is 1. The van der Waals surface area contributed by atoms with Gasteiger partial charge in [-0.2, -0.15) is 0 Å². The minimum absolute atomic E-state index is 0.0320. The van der Waals surface area contributed by atoms with E-state index in [4.69, 9.17) is 9.15 Å². The summed E-state index contributed by atoms with van der Waals surface area (Å²) in [6.07, 6.45) is -0.628. The molecule has 7 heteroatoms. The van der Waals surface area contributed by atoms with E-state index in [1.807, 2.05) is 6.07 Å². The molecule has 0 saturated heterocycles. The van der Waals surface area contributed by atoms with Crippen LogP contribution in [0.5, 0.6) is 0 Å². The number of thiophene rings is 1. The van der Waals surface area contributed by atoms with Crippen molar-refractivity contribution in [3.63, 3.8) is 0 Å². The average molecular weight is 375 g/mol. The lowest BCUT2D eigenvalue weighted by Gasteiger charge is -2.00. The normalized spacial score (nSPS) is 12.2. The molecule has 26 heavy (non-hydrogen) atoms. The first-order chi connectivity index (χ1) is 12.5. The van der Waals surface area contributed by atoms with Gasteiger partial charge in [-0.15, -0.1) is 11.3 Å². The lowest BCUT2D eigenvalue weighted by Crippen LogP contribution is -2.08. The fourth-order valence-electron chi connectivity index (χ4n) is 2.43. The number of aliphatic hydroxyl groups excluding tert-OH is 1. The Hall–Kier alpha value is -2.51. The number of benzene rings is 1. The van der Waals surface area contributed by atoms with Crippen molar-refractivity contribution in [1.29, 1.82) is 0 Å². The summed E-state index contributed by atoms with van der Waals surface area (Å²) in [4.78, 5) is 17.9. The number of ether oxygens (including phenoxy) is 1. The van der Waals surface area contributed by atoms with Gasteiger partial charge in [0.05, 0.1) is 29.7 Å². The maximum atomic E-state index is 13.2. The Bertz CT molecular complexity index is 899. The molecule has 0 aliphatic rings. The van der Waals surface area contributed by atoms with E-state index < -0.39 is 12.1 Å². The van der Waals surface area contributed by atoms with Crippen molar-refractivity contribution >= 4 is 17.3 Å². The molecule has 3 rings (SSSR count). The highest BCUT2D eigenvalue weighted by Gasteiger charge is 2.21. The molecule has 2 aromatic heterocycles. The number of carbonyl (C=O) groups excluding carboxylic acids is 1. The molecule has 0 bridgehead atoms. The highest BCUT2D eigenvalue weighted by molar-refractivity contribution is 7.15. The van der Waals surface area contributed by atoms with Crippen molar-refractivity contribution in [2.24, 2.45) is 0 Å². The van der Waals surface area contributed by atoms with Crippen LogP contribution in [0.15, 0.2) is 40.8 Å². The molecular weight excluding hydrogens is 357 g/mol. The second-order valence-corrected chi connectivity index (χ2v) is 6.78. The van der Waals surface area contributed by atoms with Crippen LogP contribution in [0.2, 0.25) is 0 Å². The van der Waals surface area contributed by atoms with Gasteiger partial charge in [0, 0.05) is 10.4 Å². The van der Waals surface area contributed by atoms with Crippen LogP contribution in [0.3, 0.4) is 0 Å². The second-order valence-electron chi connectivity index (χ2n) is 5.66. The molecule has 3 aromatic rings. The van der Waals surface area contributed by atoms with E-state index in [0.717, 1.165) is 9.75 Å². The molecule has 0 aliphatic carbocycles. The number of hydrogen-bond acceptors (Lipinski definition) is 6. The van der Waals surface area contributed by atoms with Crippen molar-refractivity contribution in [2.45, 2.75) is 26.4 Å². The Morgan fingerprint density at radius 2 is 2.04 bits per heavy atom. The van der Waals surface area contributed by atoms with Gasteiger partial charge in [0.1, 0.15) is 5.82 Å². The van der Waals surface area contributed by atoms with Crippen LogP contribution < -0.4 is 0 Å². The van der Waals surface area contributed by atoms with E-state index >= 15 is 0 Å². The largest absolute Gasteiger partial charge is 0.466 e. The van der Waals surface area contributed by atoms with Gasteiger partial charge >= 0.3 is 5.97 Å². The first kappa shape index (κ1) is 18.3. The number of halogens is 1. The minimum atomic E-state index is -0.596. The van der Waals surface area contributed by atoms with E-state index in [-0.39, 0.29) is 18.8 Å². The zero-order valence-corrected chi connectivity index (χ0v) is 15.2. The summed E-state index contributed by atoms with van der Waals surface area (Å²) >= 11 is 1.36. The van der Waals surface area contributed by atoms with Gasteiger partial charge in [0.15, 0.2) is 5.76 Å². The molecule has 136 valence electrons. The van der Waals surface area contributed by atoms with Crippen molar-refractivity contribution < 1.29 is 23.4 Å². The summed E-state index contributed by atoms with van der Waals surface area (Å²) in [5, 5.41) is 9.73. The maximum Gasteiger partial charge on any atom is 0.312 e. The van der Waals surface area contributed by atoms with Crippen LogP contribution in [-0.2, 0) is 16.0 Å². The molecule has 1 atom stereocenters. The molecule has 0 amide bonds. The quantitative estimate of drug-likeness (QED) is 0.648. The molecule has 0 fully saturated rings. The third kappa shape index (κ3) is 4.00. The van der Waals surface area contributed by atoms with Crippen molar-refractivity contribution in [2.75, 3.05) is 6.61 Å². The fraction of sp³-hybridized carbons (Fsp3) is 0.263. The Labute approximate surface area is 154 Å². The van der Waals surface area contributed by atoms with Crippen LogP contribution in [-0.4, -0.2) is 22.7 Å². The van der Waals surface area contributed by atoms with E-state index in [1.54, 1.807) is 32.0 Å². The van der Waals surface area contributed by atoms with Crippen molar-refractivity contribution in [3.8, 4) is 22.1 Å². The number of nitrogens with zero attached hydrogens (tertiary/aromatic N) is 1. The summed E-state index contributed by atoms with van der Waals surface area (Å²) in [6, 6.07) is 9.39. The smallest absolute Gasteiger partial charge is 0.312 e. The van der Waals surface area contributed by atoms with E-state index in [9.17, 15) is 14.3 Å². The minimum Gasteiger partial charge on any atom is -0.466 e. The highest BCUT2D eigenvalue weighted by Crippen LogP contribution is 2.36. The van der Waals surface area contributed by atoms with Crippen molar-refractivity contribution in [1.82, 2.24) is 4.98 Å². The topological polar surface area (TPSA) is 72.6 Å². The molecule has 0 radical (unpaired) electrons. The predicted molar refractivity (Wildman–Crippen MR) is 96.2 cm³/mol. The molecule has 0 aliphatic heterocycles. The van der Waals surface area contributed by atoms with Crippen LogP contribution in [0.25, 0.3) is 22.1 Å². The molecule has 1 aromatic carbocycles. The molecule has 0 spiro atoms. The first-order valence-electron chi connectivity index (χ1n) is 8.17. The van der Waals surface area contributed by atoms with Crippen LogP contribution in [0.4, 0.5) is 4.39 Å². The number of esters is 1. The van der Waals surface area contributed by atoms with Gasteiger partial charge in [-0.05, 0) is 50.2 Å². The summed E-state index contributed by atoms with van der Waals surface area (Å²) in [5.74, 6) is -0.00676. The molecule has 1 N–H and O–H groups in total. The molecule has 0 saturated carbocycles. The van der Waals surface area contributed by atoms with Gasteiger partial charge in [-0.3, -0.25) is 4.79 Å². The number of aliphatic hydroxyl groups is 1. The monoisotopic (exact) mass is 375 g/mol. The first-order valence-corrected chi connectivity index (χ1v) is 8.99. The standard InChI is InChI=1S/C19H18FNO4S/c1-3-24-17(23)10-14-18(16-9-8-15(26-16)11(2)22)25-19(21-14)12-4-6-13(20)7-5-12/h4-9,11,22H,3,10H2,1-2H3. The Morgan fingerprint density at radius 1 is 1.31 bits per heavy atom. The average Bonchev–Trinajstić information content (AvgIpc) is 3.23. The lowest BCUT2D eigenvalue weighted by atomic mass is 10.2. The molecule has 2 heterocycles. The van der Waals surface area contributed by atoms with Gasteiger partial charge in [0.25, 0.3) is 0 Å². The summed E-state index contributed by atoms with van der Waals surface area (Å²) in [5.41, 5.74) is 1.05. The Balaban J connectivity index is 2.01. The third-order valence-electron chi connectivity index (χ3n) is 3.67. The molecular formula is C19H18FNO4S. The van der Waals surface area contributed by atoms with E-state index in [2.05, 4.69) is 4.98 Å². The summed E-state index contributed by atoms with van der Waals surface area (Å²) in [6.45, 7) is 3.70. The van der Waals surface area contributed by atoms with Crippen LogP contribution in [0, 0.1) is 5.82 Å². The number of rotatable bonds is 6. The number of hydrogen-bond donors (Lipinski definition) is 1. The molecule has 1 unspecified atom stereocenters. The Kier molecular flexibility index (Phi) is 5.49. The fourth-order valence-corrected chi connectivity index (χ4v) is 3.38. The summed E-state index contributed by atoms with van der Waals surface area (Å²) in [7, 11) is 0. The maximum absolute atomic E-state index is 13.2. The van der Waals surface area contributed by atoms with Gasteiger partial charge in [-0.1, -0.05) is 0 Å². The SMILES string of the molecule is CCOC(=O)Cc1nc(-c2ccc(F)cc2)oc1-c1ccc(C(C)O)s1. The predicted octanol–water partition coefficient (Wildman–Crippen LogP) is 4.37. The zero-order valence-electron chi connectivity index (χ0n) is 14.4. The van der Waals surface area contributed by atoms with Gasteiger partial charge < -0.3 is 14.3 Å². The van der Waals surface area contributed by atoms with Gasteiger partial charge in [0.2, 0.25) is 5.89 Å². The Morgan fingerprint density at radius 3 is 2.65 bits per heavy atom. The highest BCUT2D eigenvalue weighted by atomic mass is 32.1. The van der Waals surface area contributed by atoms with Crippen molar-refractivity contribution in [3.05, 3.63) is 52.8 Å². The number of oxazole rings is 1. The summed E-state index contributed by atoms with van der Waals surface area (Å²) < 4.78 is 24.0. The second kappa shape index (κ2) is 7.80. The lowest BCUT2D eigenvalue weighted by molar-refractivity contribution is -0.142. The van der Waals surface area contributed by atoms with Crippen LogP contribution >= 0.6 is 11.3 Å². The van der Waals surface area contributed by atoms with Gasteiger partial charge in [-0.25, -0.2) is 9.37 Å². The third-order valence-corrected chi connectivity index (χ3v) is 4.92. The number of carbonyl (C=O) groups is 1. The van der Waals surface area contributed by atoms with E-state index in [0.29, 0.717) is 22.9 Å². The molecule has 5 nitrogen and oxygen atoms in total. The van der Waals surface area contributed by atoms with E-state index in [1.165, 1.54) is 23.5 Å². The zero-order chi connectivity index (χ0) is 18.7.